The van der Waals surface area contributed by atoms with Crippen LogP contribution in [0.15, 0.2) is 42.7 Å². The third-order valence-corrected chi connectivity index (χ3v) is 4.54. The van der Waals surface area contributed by atoms with Crippen molar-refractivity contribution in [3.05, 3.63) is 54.1 Å². The average molecular weight is 373 g/mol. The molecule has 1 unspecified atom stereocenters. The van der Waals surface area contributed by atoms with Crippen LogP contribution in [0.4, 0.5) is 4.39 Å². The molecule has 1 aliphatic rings. The Hall–Kier alpha value is -2.74. The van der Waals surface area contributed by atoms with Gasteiger partial charge >= 0.3 is 0 Å². The molecule has 2 aromatic rings. The van der Waals surface area contributed by atoms with Gasteiger partial charge in [-0.25, -0.2) is 4.39 Å². The summed E-state index contributed by atoms with van der Waals surface area (Å²) in [4.78, 5) is 26.5. The lowest BCUT2D eigenvalue weighted by molar-refractivity contribution is -0.134. The monoisotopic (exact) mass is 373 g/mol. The maximum absolute atomic E-state index is 13.4. The number of nitrogens with zero attached hydrogens (tertiary/aromatic N) is 3. The van der Waals surface area contributed by atoms with E-state index in [4.69, 9.17) is 0 Å². The number of halogens is 1. The molecule has 0 bridgehead atoms. The van der Waals surface area contributed by atoms with Crippen LogP contribution in [0.2, 0.25) is 0 Å². The highest BCUT2D eigenvalue weighted by atomic mass is 19.1. The number of rotatable bonds is 8. The van der Waals surface area contributed by atoms with Crippen LogP contribution in [0.1, 0.15) is 18.4 Å². The van der Waals surface area contributed by atoms with E-state index >= 15 is 0 Å². The van der Waals surface area contributed by atoms with Gasteiger partial charge in [0.05, 0.1) is 12.5 Å². The highest BCUT2D eigenvalue weighted by molar-refractivity contribution is 5.88. The summed E-state index contributed by atoms with van der Waals surface area (Å²) >= 11 is 0. The standard InChI is InChI=1S/C19H24FN5O2/c20-16-5-1-4-15(12-16)14-24-11-8-22-19(27)17(24)13-18(26)21-6-2-9-25-10-3-7-23-25/h1,3-5,7,10,12,17H,2,6,8-9,11,13-14H2,(H,21,26)(H,22,27). The van der Waals surface area contributed by atoms with Gasteiger partial charge in [-0.05, 0) is 30.2 Å². The lowest BCUT2D eigenvalue weighted by Crippen LogP contribution is -2.56. The number of carbonyl (C=O) groups is 2. The number of hydrogen-bond acceptors (Lipinski definition) is 4. The Morgan fingerprint density at radius 1 is 1.37 bits per heavy atom. The molecule has 144 valence electrons. The van der Waals surface area contributed by atoms with Gasteiger partial charge in [0.1, 0.15) is 5.82 Å². The minimum Gasteiger partial charge on any atom is -0.356 e. The van der Waals surface area contributed by atoms with Gasteiger partial charge in [-0.3, -0.25) is 19.2 Å². The zero-order valence-electron chi connectivity index (χ0n) is 15.1. The number of nitrogens with one attached hydrogen (secondary N) is 2. The molecule has 0 spiro atoms. The fourth-order valence-electron chi connectivity index (χ4n) is 3.19. The lowest BCUT2D eigenvalue weighted by Gasteiger charge is -2.34. The van der Waals surface area contributed by atoms with E-state index in [2.05, 4.69) is 15.7 Å². The predicted octanol–water partition coefficient (Wildman–Crippen LogP) is 0.919. The first kappa shape index (κ1) is 19.0. The molecule has 0 radical (unpaired) electrons. The van der Waals surface area contributed by atoms with E-state index in [1.54, 1.807) is 12.3 Å². The van der Waals surface area contributed by atoms with E-state index in [1.165, 1.54) is 12.1 Å². The van der Waals surface area contributed by atoms with Crippen molar-refractivity contribution in [1.29, 1.82) is 0 Å². The first-order valence-corrected chi connectivity index (χ1v) is 9.12. The van der Waals surface area contributed by atoms with Gasteiger partial charge in [-0.1, -0.05) is 12.1 Å². The minimum atomic E-state index is -0.548. The number of piperazine rings is 1. The fourth-order valence-corrected chi connectivity index (χ4v) is 3.19. The fraction of sp³-hybridized carbons (Fsp3) is 0.421. The zero-order chi connectivity index (χ0) is 19.1. The Morgan fingerprint density at radius 3 is 3.04 bits per heavy atom. The van der Waals surface area contributed by atoms with Crippen LogP contribution in [0.25, 0.3) is 0 Å². The van der Waals surface area contributed by atoms with Crippen LogP contribution in [0.5, 0.6) is 0 Å². The third kappa shape index (κ3) is 5.62. The lowest BCUT2D eigenvalue weighted by atomic mass is 10.1. The summed E-state index contributed by atoms with van der Waals surface area (Å²) in [7, 11) is 0. The molecule has 0 aliphatic carbocycles. The molecule has 2 heterocycles. The Morgan fingerprint density at radius 2 is 2.26 bits per heavy atom. The first-order valence-electron chi connectivity index (χ1n) is 9.12. The predicted molar refractivity (Wildman–Crippen MR) is 98.1 cm³/mol. The Balaban J connectivity index is 1.50. The summed E-state index contributed by atoms with van der Waals surface area (Å²) in [6.07, 6.45) is 4.44. The van der Waals surface area contributed by atoms with E-state index in [1.807, 2.05) is 27.9 Å². The molecule has 1 atom stereocenters. The normalized spacial score (nSPS) is 17.5. The molecule has 27 heavy (non-hydrogen) atoms. The van der Waals surface area contributed by atoms with Crippen LogP contribution >= 0.6 is 0 Å². The zero-order valence-corrected chi connectivity index (χ0v) is 15.1. The number of benzene rings is 1. The van der Waals surface area contributed by atoms with E-state index < -0.39 is 6.04 Å². The second kappa shape index (κ2) is 9.27. The summed E-state index contributed by atoms with van der Waals surface area (Å²) in [5.74, 6) is -0.633. The van der Waals surface area contributed by atoms with E-state index in [-0.39, 0.29) is 24.1 Å². The minimum absolute atomic E-state index is 0.0862. The highest BCUT2D eigenvalue weighted by Crippen LogP contribution is 2.14. The van der Waals surface area contributed by atoms with Crippen LogP contribution in [0.3, 0.4) is 0 Å². The Labute approximate surface area is 157 Å². The van der Waals surface area contributed by atoms with Gasteiger partial charge in [0.25, 0.3) is 0 Å². The SMILES string of the molecule is O=C(CC1C(=O)NCCN1Cc1cccc(F)c1)NCCCn1cccn1. The molecular weight excluding hydrogens is 349 g/mol. The number of carbonyl (C=O) groups excluding carboxylic acids is 2. The van der Waals surface area contributed by atoms with Crippen molar-refractivity contribution in [3.63, 3.8) is 0 Å². The summed E-state index contributed by atoms with van der Waals surface area (Å²) in [6.45, 7) is 2.83. The van der Waals surface area contributed by atoms with Gasteiger partial charge < -0.3 is 10.6 Å². The van der Waals surface area contributed by atoms with Crippen molar-refractivity contribution in [1.82, 2.24) is 25.3 Å². The molecule has 1 aromatic carbocycles. The molecule has 1 aliphatic heterocycles. The number of hydrogen-bond donors (Lipinski definition) is 2. The Kier molecular flexibility index (Phi) is 6.54. The van der Waals surface area contributed by atoms with Crippen molar-refractivity contribution in [3.8, 4) is 0 Å². The first-order chi connectivity index (χ1) is 13.1. The van der Waals surface area contributed by atoms with E-state index in [0.717, 1.165) is 18.5 Å². The van der Waals surface area contributed by atoms with Crippen LogP contribution in [-0.2, 0) is 22.7 Å². The second-order valence-electron chi connectivity index (χ2n) is 6.58. The van der Waals surface area contributed by atoms with Gasteiger partial charge in [-0.15, -0.1) is 0 Å². The Bertz CT molecular complexity index is 765. The summed E-state index contributed by atoms with van der Waals surface area (Å²) < 4.78 is 15.2. The molecule has 1 fully saturated rings. The highest BCUT2D eigenvalue weighted by Gasteiger charge is 2.31. The van der Waals surface area contributed by atoms with Crippen molar-refractivity contribution in [2.75, 3.05) is 19.6 Å². The van der Waals surface area contributed by atoms with Crippen molar-refractivity contribution < 1.29 is 14.0 Å². The average Bonchev–Trinajstić information content (AvgIpc) is 3.15. The summed E-state index contributed by atoms with van der Waals surface area (Å²) in [6, 6.07) is 7.62. The molecule has 2 N–H and O–H groups in total. The van der Waals surface area contributed by atoms with Gasteiger partial charge in [0.2, 0.25) is 11.8 Å². The molecule has 7 nitrogen and oxygen atoms in total. The molecule has 8 heteroatoms. The van der Waals surface area contributed by atoms with Crippen molar-refractivity contribution in [2.45, 2.75) is 32.0 Å². The van der Waals surface area contributed by atoms with Crippen LogP contribution < -0.4 is 10.6 Å². The molecule has 1 saturated heterocycles. The van der Waals surface area contributed by atoms with Gasteiger partial charge in [0, 0.05) is 45.1 Å². The van der Waals surface area contributed by atoms with E-state index in [0.29, 0.717) is 26.2 Å². The van der Waals surface area contributed by atoms with E-state index in [9.17, 15) is 14.0 Å². The molecule has 0 saturated carbocycles. The van der Waals surface area contributed by atoms with Gasteiger partial charge in [0.15, 0.2) is 0 Å². The maximum Gasteiger partial charge on any atom is 0.237 e. The number of aromatic nitrogens is 2. The maximum atomic E-state index is 13.4. The largest absolute Gasteiger partial charge is 0.356 e. The topological polar surface area (TPSA) is 79.3 Å². The second-order valence-corrected chi connectivity index (χ2v) is 6.58. The molecule has 2 amide bonds. The molecule has 3 rings (SSSR count). The smallest absolute Gasteiger partial charge is 0.237 e. The van der Waals surface area contributed by atoms with Gasteiger partial charge in [-0.2, -0.15) is 5.10 Å². The van der Waals surface area contributed by atoms with Crippen molar-refractivity contribution in [2.24, 2.45) is 0 Å². The summed E-state index contributed by atoms with van der Waals surface area (Å²) in [5, 5.41) is 9.77. The molecule has 1 aromatic heterocycles. The quantitative estimate of drug-likeness (QED) is 0.675. The number of aryl methyl sites for hydroxylation is 1. The number of amides is 2. The van der Waals surface area contributed by atoms with Crippen molar-refractivity contribution >= 4 is 11.8 Å². The molecular formula is C19H24FN5O2. The van der Waals surface area contributed by atoms with Crippen LogP contribution in [0, 0.1) is 5.82 Å². The summed E-state index contributed by atoms with van der Waals surface area (Å²) in [5.41, 5.74) is 0.786. The van der Waals surface area contributed by atoms with Crippen LogP contribution in [-0.4, -0.2) is 52.2 Å². The third-order valence-electron chi connectivity index (χ3n) is 4.54.